The first-order valence-corrected chi connectivity index (χ1v) is 10.5. The number of hydrogen-bond acceptors (Lipinski definition) is 5. The number of nitrogens with zero attached hydrogens (tertiary/aromatic N) is 4. The highest BCUT2D eigenvalue weighted by Gasteiger charge is 2.34. The number of hydrogen-bond donors (Lipinski definition) is 1. The minimum absolute atomic E-state index is 0.0332. The Bertz CT molecular complexity index is 1150. The fourth-order valence-corrected chi connectivity index (χ4v) is 3.83. The highest BCUT2D eigenvalue weighted by atomic mass is 16.2. The maximum absolute atomic E-state index is 12.8. The maximum Gasteiger partial charge on any atom is 0.253 e. The Morgan fingerprint density at radius 3 is 2.53 bits per heavy atom. The van der Waals surface area contributed by atoms with E-state index in [9.17, 15) is 9.59 Å². The smallest absolute Gasteiger partial charge is 0.253 e. The van der Waals surface area contributed by atoms with Gasteiger partial charge in [0.05, 0.1) is 5.69 Å². The van der Waals surface area contributed by atoms with Gasteiger partial charge in [0, 0.05) is 38.9 Å². The molecule has 2 amide bonds. The van der Waals surface area contributed by atoms with E-state index in [0.717, 1.165) is 22.8 Å². The standard InChI is InChI=1S/C25H27N5O2/c1-17-24(31)29(4)21-13-14-22(26-20-12-8-11-19(15-20)25(32)28(2)3)27-23(21)30(17)16-18-9-6-5-7-10-18/h5-15,17H,16H2,1-4H3,(H,26,27)/t17-/m1/s1. The lowest BCUT2D eigenvalue weighted by atomic mass is 10.1. The number of anilines is 4. The summed E-state index contributed by atoms with van der Waals surface area (Å²) in [6.07, 6.45) is 0. The van der Waals surface area contributed by atoms with Crippen molar-refractivity contribution in [2.24, 2.45) is 0 Å². The molecular formula is C25H27N5O2. The zero-order chi connectivity index (χ0) is 22.8. The number of aromatic nitrogens is 1. The van der Waals surface area contributed by atoms with Gasteiger partial charge < -0.3 is 20.0 Å². The van der Waals surface area contributed by atoms with E-state index in [1.807, 2.05) is 72.5 Å². The summed E-state index contributed by atoms with van der Waals surface area (Å²) in [5, 5.41) is 3.30. The molecule has 0 radical (unpaired) electrons. The van der Waals surface area contributed by atoms with Crippen LogP contribution in [0.1, 0.15) is 22.8 Å². The zero-order valence-corrected chi connectivity index (χ0v) is 18.7. The van der Waals surface area contributed by atoms with Crippen molar-refractivity contribution in [2.45, 2.75) is 19.5 Å². The molecule has 0 bridgehead atoms. The topological polar surface area (TPSA) is 68.8 Å². The van der Waals surface area contributed by atoms with Gasteiger partial charge in [0.2, 0.25) is 5.91 Å². The summed E-state index contributed by atoms with van der Waals surface area (Å²) in [5.74, 6) is 1.36. The first kappa shape index (κ1) is 21.4. The minimum atomic E-state index is -0.337. The molecule has 1 aromatic heterocycles. The van der Waals surface area contributed by atoms with Gasteiger partial charge in [-0.1, -0.05) is 36.4 Å². The summed E-state index contributed by atoms with van der Waals surface area (Å²) in [4.78, 5) is 35.2. The van der Waals surface area contributed by atoms with Crippen molar-refractivity contribution in [1.29, 1.82) is 0 Å². The van der Waals surface area contributed by atoms with Crippen LogP contribution in [0.25, 0.3) is 0 Å². The van der Waals surface area contributed by atoms with Crippen molar-refractivity contribution in [1.82, 2.24) is 9.88 Å². The predicted molar refractivity (Wildman–Crippen MR) is 127 cm³/mol. The lowest BCUT2D eigenvalue weighted by molar-refractivity contribution is -0.119. The van der Waals surface area contributed by atoms with Crippen LogP contribution in [0.2, 0.25) is 0 Å². The van der Waals surface area contributed by atoms with Crippen molar-refractivity contribution in [3.63, 3.8) is 0 Å². The third-order valence-corrected chi connectivity index (χ3v) is 5.63. The lowest BCUT2D eigenvalue weighted by Crippen LogP contribution is -2.50. The summed E-state index contributed by atoms with van der Waals surface area (Å²) in [7, 11) is 5.24. The normalized spacial score (nSPS) is 15.4. The number of pyridine rings is 1. The molecule has 1 N–H and O–H groups in total. The van der Waals surface area contributed by atoms with Gasteiger partial charge in [-0.25, -0.2) is 4.98 Å². The molecule has 3 aromatic rings. The Labute approximate surface area is 188 Å². The fourth-order valence-electron chi connectivity index (χ4n) is 3.83. The van der Waals surface area contributed by atoms with E-state index >= 15 is 0 Å². The molecule has 1 atom stereocenters. The molecular weight excluding hydrogens is 402 g/mol. The van der Waals surface area contributed by atoms with Gasteiger partial charge in [0.1, 0.15) is 11.9 Å². The number of fused-ring (bicyclic) bond motifs is 1. The molecule has 2 aromatic carbocycles. The van der Waals surface area contributed by atoms with Gasteiger partial charge in [0.25, 0.3) is 5.91 Å². The van der Waals surface area contributed by atoms with Gasteiger partial charge in [-0.15, -0.1) is 0 Å². The predicted octanol–water partition coefficient (Wildman–Crippen LogP) is 3.90. The Hall–Kier alpha value is -3.87. The largest absolute Gasteiger partial charge is 0.345 e. The average molecular weight is 430 g/mol. The minimum Gasteiger partial charge on any atom is -0.345 e. The van der Waals surface area contributed by atoms with Crippen LogP contribution in [0, 0.1) is 0 Å². The summed E-state index contributed by atoms with van der Waals surface area (Å²) >= 11 is 0. The van der Waals surface area contributed by atoms with Crippen molar-refractivity contribution in [3.05, 3.63) is 77.9 Å². The second kappa shape index (κ2) is 8.70. The molecule has 0 saturated heterocycles. The van der Waals surface area contributed by atoms with Gasteiger partial charge in [-0.2, -0.15) is 0 Å². The summed E-state index contributed by atoms with van der Waals surface area (Å²) < 4.78 is 0. The summed E-state index contributed by atoms with van der Waals surface area (Å²) in [6, 6.07) is 20.8. The molecule has 0 saturated carbocycles. The number of carbonyl (C=O) groups is 2. The Morgan fingerprint density at radius 2 is 1.81 bits per heavy atom. The monoisotopic (exact) mass is 429 g/mol. The molecule has 1 aliphatic heterocycles. The SMILES string of the molecule is C[C@@H]1C(=O)N(C)c2ccc(Nc3cccc(C(=O)N(C)C)c3)nc2N1Cc1ccccc1. The number of carbonyl (C=O) groups excluding carboxylic acids is 2. The second-order valence-electron chi connectivity index (χ2n) is 8.13. The number of likely N-dealkylation sites (N-methyl/N-ethyl adjacent to an activating group) is 1. The second-order valence-corrected chi connectivity index (χ2v) is 8.13. The van der Waals surface area contributed by atoms with Crippen LogP contribution >= 0.6 is 0 Å². The number of amides is 2. The maximum atomic E-state index is 12.8. The van der Waals surface area contributed by atoms with Crippen LogP contribution in [-0.2, 0) is 11.3 Å². The van der Waals surface area contributed by atoms with Gasteiger partial charge in [0.15, 0.2) is 5.82 Å². The van der Waals surface area contributed by atoms with Crippen LogP contribution in [-0.4, -0.2) is 48.9 Å². The molecule has 2 heterocycles. The first-order valence-electron chi connectivity index (χ1n) is 10.5. The Balaban J connectivity index is 1.67. The van der Waals surface area contributed by atoms with Crippen molar-refractivity contribution >= 4 is 34.8 Å². The molecule has 0 fully saturated rings. The third kappa shape index (κ3) is 4.14. The van der Waals surface area contributed by atoms with E-state index in [-0.39, 0.29) is 17.9 Å². The van der Waals surface area contributed by atoms with Crippen LogP contribution in [0.3, 0.4) is 0 Å². The molecule has 0 spiro atoms. The highest BCUT2D eigenvalue weighted by Crippen LogP contribution is 2.36. The van der Waals surface area contributed by atoms with Crippen molar-refractivity contribution in [2.75, 3.05) is 36.3 Å². The Morgan fingerprint density at radius 1 is 1.06 bits per heavy atom. The summed E-state index contributed by atoms with van der Waals surface area (Å²) in [6.45, 7) is 2.49. The van der Waals surface area contributed by atoms with E-state index in [1.165, 1.54) is 0 Å². The molecule has 7 nitrogen and oxygen atoms in total. The Kier molecular flexibility index (Phi) is 5.81. The molecule has 32 heavy (non-hydrogen) atoms. The third-order valence-electron chi connectivity index (χ3n) is 5.63. The lowest BCUT2D eigenvalue weighted by Gasteiger charge is -2.39. The van der Waals surface area contributed by atoms with Crippen LogP contribution < -0.4 is 15.1 Å². The van der Waals surface area contributed by atoms with Gasteiger partial charge in [-0.05, 0) is 42.8 Å². The zero-order valence-electron chi connectivity index (χ0n) is 18.7. The van der Waals surface area contributed by atoms with E-state index in [1.54, 1.807) is 37.0 Å². The van der Waals surface area contributed by atoms with Gasteiger partial charge >= 0.3 is 0 Å². The number of nitrogens with one attached hydrogen (secondary N) is 1. The molecule has 0 aliphatic carbocycles. The van der Waals surface area contributed by atoms with Crippen molar-refractivity contribution in [3.8, 4) is 0 Å². The van der Waals surface area contributed by atoms with Crippen molar-refractivity contribution < 1.29 is 9.59 Å². The van der Waals surface area contributed by atoms with Crippen LogP contribution in [0.5, 0.6) is 0 Å². The van der Waals surface area contributed by atoms with Crippen LogP contribution in [0.4, 0.5) is 23.0 Å². The molecule has 4 rings (SSSR count). The summed E-state index contributed by atoms with van der Waals surface area (Å²) in [5.41, 5.74) is 3.25. The molecule has 0 unspecified atom stereocenters. The highest BCUT2D eigenvalue weighted by molar-refractivity contribution is 6.04. The fraction of sp³-hybridized carbons (Fsp3) is 0.240. The van der Waals surface area contributed by atoms with E-state index in [4.69, 9.17) is 4.98 Å². The van der Waals surface area contributed by atoms with Crippen LogP contribution in [0.15, 0.2) is 66.7 Å². The van der Waals surface area contributed by atoms with Gasteiger partial charge in [-0.3, -0.25) is 9.59 Å². The van der Waals surface area contributed by atoms with E-state index in [0.29, 0.717) is 17.9 Å². The van der Waals surface area contributed by atoms with E-state index < -0.39 is 0 Å². The molecule has 7 heteroatoms. The number of rotatable bonds is 5. The van der Waals surface area contributed by atoms with E-state index in [2.05, 4.69) is 5.32 Å². The number of benzene rings is 2. The first-order chi connectivity index (χ1) is 15.3. The quantitative estimate of drug-likeness (QED) is 0.666. The average Bonchev–Trinajstić information content (AvgIpc) is 2.80. The molecule has 164 valence electrons. The molecule has 1 aliphatic rings.